The minimum atomic E-state index is 0.889. The van der Waals surface area contributed by atoms with Gasteiger partial charge in [0.2, 0.25) is 0 Å². The van der Waals surface area contributed by atoms with Crippen LogP contribution in [0.2, 0.25) is 0 Å². The molecule has 0 saturated carbocycles. The van der Waals surface area contributed by atoms with Gasteiger partial charge in [-0.2, -0.15) is 4.37 Å². The zero-order valence-electron chi connectivity index (χ0n) is 10.2. The number of unbranched alkanes of at least 4 members (excludes halogenated alkanes) is 3. The lowest BCUT2D eigenvalue weighted by atomic mass is 10.2. The van der Waals surface area contributed by atoms with Crippen LogP contribution < -0.4 is 5.32 Å². The quantitative estimate of drug-likeness (QED) is 0.546. The van der Waals surface area contributed by atoms with Crippen LogP contribution in [0.4, 0.5) is 0 Å². The normalized spacial score (nSPS) is 10.9. The summed E-state index contributed by atoms with van der Waals surface area (Å²) in [6, 6.07) is 0. The predicted molar refractivity (Wildman–Crippen MR) is 72.4 cm³/mol. The van der Waals surface area contributed by atoms with Gasteiger partial charge in [0.15, 0.2) is 4.34 Å². The Bertz CT molecular complexity index is 276. The number of hydrogen-bond acceptors (Lipinski definition) is 5. The van der Waals surface area contributed by atoms with Crippen LogP contribution in [0.5, 0.6) is 0 Å². The minimum absolute atomic E-state index is 0.889. The molecule has 0 amide bonds. The van der Waals surface area contributed by atoms with Crippen molar-refractivity contribution in [1.29, 1.82) is 0 Å². The van der Waals surface area contributed by atoms with E-state index in [1.165, 1.54) is 37.2 Å². The van der Waals surface area contributed by atoms with Crippen LogP contribution in [-0.2, 0) is 0 Å². The molecule has 1 aromatic heterocycles. The van der Waals surface area contributed by atoms with Gasteiger partial charge in [-0.3, -0.25) is 0 Å². The van der Waals surface area contributed by atoms with Gasteiger partial charge in [0.05, 0.1) is 0 Å². The van der Waals surface area contributed by atoms with Crippen LogP contribution >= 0.6 is 23.3 Å². The molecule has 1 N–H and O–H groups in total. The zero-order valence-corrected chi connectivity index (χ0v) is 11.8. The third kappa shape index (κ3) is 6.45. The molecule has 5 heteroatoms. The van der Waals surface area contributed by atoms with Crippen molar-refractivity contribution < 1.29 is 0 Å². The maximum atomic E-state index is 4.31. The number of aromatic nitrogens is 2. The summed E-state index contributed by atoms with van der Waals surface area (Å²) in [4.78, 5) is 4.31. The fourth-order valence-electron chi connectivity index (χ4n) is 1.35. The average molecular weight is 259 g/mol. The molecular formula is C11H21N3S2. The van der Waals surface area contributed by atoms with Crippen molar-refractivity contribution in [3.05, 3.63) is 5.82 Å². The van der Waals surface area contributed by atoms with Crippen molar-refractivity contribution in [3.8, 4) is 0 Å². The molecule has 0 aromatic carbocycles. The first-order valence-electron chi connectivity index (χ1n) is 5.96. The van der Waals surface area contributed by atoms with Crippen LogP contribution in [0, 0.1) is 6.92 Å². The first-order chi connectivity index (χ1) is 7.83. The molecule has 16 heavy (non-hydrogen) atoms. The summed E-state index contributed by atoms with van der Waals surface area (Å²) in [5, 5.41) is 3.46. The molecule has 0 saturated heterocycles. The molecule has 0 unspecified atom stereocenters. The SMILES string of the molecule is CCCCCCNCCSc1nc(C)ns1. The highest BCUT2D eigenvalue weighted by atomic mass is 32.2. The summed E-state index contributed by atoms with van der Waals surface area (Å²) in [6.07, 6.45) is 5.33. The molecule has 0 atom stereocenters. The van der Waals surface area contributed by atoms with Crippen molar-refractivity contribution in [2.45, 2.75) is 43.9 Å². The second-order valence-electron chi connectivity index (χ2n) is 3.77. The lowest BCUT2D eigenvalue weighted by molar-refractivity contribution is 0.613. The fourth-order valence-corrected chi connectivity index (χ4v) is 2.96. The summed E-state index contributed by atoms with van der Waals surface area (Å²) in [5.74, 6) is 1.97. The Morgan fingerprint density at radius 1 is 1.25 bits per heavy atom. The minimum Gasteiger partial charge on any atom is -0.316 e. The summed E-state index contributed by atoms with van der Waals surface area (Å²) in [5.41, 5.74) is 0. The Kier molecular flexibility index (Phi) is 7.80. The molecule has 0 bridgehead atoms. The molecule has 1 rings (SSSR count). The number of hydrogen-bond donors (Lipinski definition) is 1. The van der Waals surface area contributed by atoms with E-state index in [0.717, 1.165) is 29.0 Å². The van der Waals surface area contributed by atoms with Gasteiger partial charge in [0.25, 0.3) is 0 Å². The Hall–Kier alpha value is -0.130. The predicted octanol–water partition coefficient (Wildman–Crippen LogP) is 3.11. The Morgan fingerprint density at radius 3 is 2.81 bits per heavy atom. The van der Waals surface area contributed by atoms with Crippen molar-refractivity contribution in [2.24, 2.45) is 0 Å². The standard InChI is InChI=1S/C11H21N3S2/c1-3-4-5-6-7-12-8-9-15-11-13-10(2)14-16-11/h12H,3-9H2,1-2H3. The molecule has 0 aliphatic heterocycles. The molecule has 0 aliphatic rings. The van der Waals surface area contributed by atoms with Gasteiger partial charge in [-0.25, -0.2) is 4.98 Å². The number of aryl methyl sites for hydroxylation is 1. The maximum Gasteiger partial charge on any atom is 0.170 e. The van der Waals surface area contributed by atoms with Crippen LogP contribution in [-0.4, -0.2) is 28.2 Å². The van der Waals surface area contributed by atoms with E-state index < -0.39 is 0 Å². The van der Waals surface area contributed by atoms with Crippen LogP contribution in [0.3, 0.4) is 0 Å². The summed E-state index contributed by atoms with van der Waals surface area (Å²) in [7, 11) is 0. The van der Waals surface area contributed by atoms with E-state index in [1.807, 2.05) is 6.92 Å². The fraction of sp³-hybridized carbons (Fsp3) is 0.818. The van der Waals surface area contributed by atoms with E-state index in [1.54, 1.807) is 11.8 Å². The van der Waals surface area contributed by atoms with E-state index in [0.29, 0.717) is 0 Å². The summed E-state index contributed by atoms with van der Waals surface area (Å²) in [6.45, 7) is 6.39. The van der Waals surface area contributed by atoms with Gasteiger partial charge in [0.1, 0.15) is 5.82 Å². The molecule has 0 radical (unpaired) electrons. The summed E-state index contributed by atoms with van der Waals surface area (Å²) < 4.78 is 5.24. The third-order valence-corrected chi connectivity index (χ3v) is 4.15. The number of nitrogens with zero attached hydrogens (tertiary/aromatic N) is 2. The molecule has 1 heterocycles. The Labute approximate surface area is 107 Å². The van der Waals surface area contributed by atoms with Crippen LogP contribution in [0.25, 0.3) is 0 Å². The van der Waals surface area contributed by atoms with E-state index in [9.17, 15) is 0 Å². The van der Waals surface area contributed by atoms with E-state index in [-0.39, 0.29) is 0 Å². The second-order valence-corrected chi connectivity index (χ2v) is 5.86. The van der Waals surface area contributed by atoms with E-state index >= 15 is 0 Å². The highest BCUT2D eigenvalue weighted by Crippen LogP contribution is 2.18. The van der Waals surface area contributed by atoms with Gasteiger partial charge in [-0.1, -0.05) is 37.9 Å². The van der Waals surface area contributed by atoms with Gasteiger partial charge in [0, 0.05) is 12.3 Å². The molecular weight excluding hydrogens is 238 g/mol. The molecule has 92 valence electrons. The topological polar surface area (TPSA) is 37.8 Å². The van der Waals surface area contributed by atoms with Crippen LogP contribution in [0.15, 0.2) is 4.34 Å². The molecule has 3 nitrogen and oxygen atoms in total. The van der Waals surface area contributed by atoms with Crippen molar-refractivity contribution in [3.63, 3.8) is 0 Å². The first kappa shape index (κ1) is 13.9. The van der Waals surface area contributed by atoms with Crippen molar-refractivity contribution in [1.82, 2.24) is 14.7 Å². The average Bonchev–Trinajstić information content (AvgIpc) is 2.68. The summed E-state index contributed by atoms with van der Waals surface area (Å²) >= 11 is 3.29. The number of thioether (sulfide) groups is 1. The second kappa shape index (κ2) is 8.96. The monoisotopic (exact) mass is 259 g/mol. The van der Waals surface area contributed by atoms with Crippen molar-refractivity contribution in [2.75, 3.05) is 18.8 Å². The van der Waals surface area contributed by atoms with E-state index in [4.69, 9.17) is 0 Å². The number of nitrogens with one attached hydrogen (secondary N) is 1. The third-order valence-electron chi connectivity index (χ3n) is 2.22. The highest BCUT2D eigenvalue weighted by molar-refractivity contribution is 8.00. The largest absolute Gasteiger partial charge is 0.316 e. The van der Waals surface area contributed by atoms with Gasteiger partial charge >= 0.3 is 0 Å². The van der Waals surface area contributed by atoms with E-state index in [2.05, 4.69) is 21.6 Å². The van der Waals surface area contributed by atoms with Crippen molar-refractivity contribution >= 4 is 23.3 Å². The molecule has 0 fully saturated rings. The zero-order chi connectivity index (χ0) is 11.6. The lowest BCUT2D eigenvalue weighted by Crippen LogP contribution is -2.18. The lowest BCUT2D eigenvalue weighted by Gasteiger charge is -2.02. The molecule has 0 aliphatic carbocycles. The van der Waals surface area contributed by atoms with Gasteiger partial charge in [-0.05, 0) is 31.4 Å². The van der Waals surface area contributed by atoms with Gasteiger partial charge < -0.3 is 5.32 Å². The first-order valence-corrected chi connectivity index (χ1v) is 7.72. The number of rotatable bonds is 9. The molecule has 0 spiro atoms. The van der Waals surface area contributed by atoms with Crippen LogP contribution in [0.1, 0.15) is 38.4 Å². The van der Waals surface area contributed by atoms with Gasteiger partial charge in [-0.15, -0.1) is 0 Å². The molecule has 1 aromatic rings. The Morgan fingerprint density at radius 2 is 2.12 bits per heavy atom. The smallest absolute Gasteiger partial charge is 0.170 e. The Balaban J connectivity index is 1.88. The maximum absolute atomic E-state index is 4.31. The highest BCUT2D eigenvalue weighted by Gasteiger charge is 1.99.